The Hall–Kier alpha value is -2.87. The van der Waals surface area contributed by atoms with Crippen molar-refractivity contribution in [2.45, 2.75) is 66.1 Å². The molecule has 2 aromatic carbocycles. The number of hydrogen-bond acceptors (Lipinski definition) is 4. The van der Waals surface area contributed by atoms with Gasteiger partial charge in [0.05, 0.1) is 11.9 Å². The lowest BCUT2D eigenvalue weighted by molar-refractivity contribution is -0.141. The molecule has 0 aromatic heterocycles. The molecule has 0 fully saturated rings. The number of benzene rings is 2. The van der Waals surface area contributed by atoms with Gasteiger partial charge >= 0.3 is 0 Å². The van der Waals surface area contributed by atoms with Crippen molar-refractivity contribution in [3.63, 3.8) is 0 Å². The SMILES string of the molecule is CCC(C(=O)NC(C)(C)C)N(Cc1ccccc1)C(=O)CN(c1cccc(C)c1C)S(C)(=O)=O. The maximum atomic E-state index is 13.7. The monoisotopic (exact) mass is 487 g/mol. The predicted molar refractivity (Wildman–Crippen MR) is 137 cm³/mol. The fourth-order valence-corrected chi connectivity index (χ4v) is 4.65. The summed E-state index contributed by atoms with van der Waals surface area (Å²) in [6, 6.07) is 14.0. The molecule has 8 heteroatoms. The Kier molecular flexibility index (Phi) is 8.89. The predicted octanol–water partition coefficient (Wildman–Crippen LogP) is 3.79. The minimum atomic E-state index is -3.75. The lowest BCUT2D eigenvalue weighted by Gasteiger charge is -2.34. The second-order valence-corrected chi connectivity index (χ2v) is 11.6. The van der Waals surface area contributed by atoms with Gasteiger partial charge in [-0.25, -0.2) is 8.42 Å². The van der Waals surface area contributed by atoms with E-state index in [0.717, 1.165) is 27.3 Å². The number of anilines is 1. The Balaban J connectivity index is 2.48. The molecule has 0 radical (unpaired) electrons. The summed E-state index contributed by atoms with van der Waals surface area (Å²) in [6.07, 6.45) is 1.48. The number of nitrogens with zero attached hydrogens (tertiary/aromatic N) is 2. The number of rotatable bonds is 9. The van der Waals surface area contributed by atoms with Crippen LogP contribution in [-0.4, -0.2) is 49.5 Å². The van der Waals surface area contributed by atoms with Crippen molar-refractivity contribution in [2.75, 3.05) is 17.1 Å². The highest BCUT2D eigenvalue weighted by Crippen LogP contribution is 2.25. The molecule has 1 unspecified atom stereocenters. The van der Waals surface area contributed by atoms with E-state index in [9.17, 15) is 18.0 Å². The van der Waals surface area contributed by atoms with Crippen molar-refractivity contribution >= 4 is 27.5 Å². The van der Waals surface area contributed by atoms with Crippen LogP contribution in [0.2, 0.25) is 0 Å². The fraction of sp³-hybridized carbons (Fsp3) is 0.462. The van der Waals surface area contributed by atoms with Crippen molar-refractivity contribution < 1.29 is 18.0 Å². The zero-order chi connectivity index (χ0) is 25.7. The van der Waals surface area contributed by atoms with Crippen LogP contribution in [0.1, 0.15) is 50.8 Å². The van der Waals surface area contributed by atoms with Gasteiger partial charge in [-0.2, -0.15) is 0 Å². The van der Waals surface area contributed by atoms with Crippen LogP contribution in [0.5, 0.6) is 0 Å². The normalized spacial score (nSPS) is 12.7. The van der Waals surface area contributed by atoms with E-state index < -0.39 is 34.1 Å². The molecule has 0 saturated heterocycles. The summed E-state index contributed by atoms with van der Waals surface area (Å²) >= 11 is 0. The average Bonchev–Trinajstić information content (AvgIpc) is 2.72. The van der Waals surface area contributed by atoms with Gasteiger partial charge < -0.3 is 10.2 Å². The molecule has 2 aromatic rings. The second-order valence-electron chi connectivity index (χ2n) is 9.66. The minimum Gasteiger partial charge on any atom is -0.350 e. The Morgan fingerprint density at radius 1 is 1.00 bits per heavy atom. The number of carbonyl (C=O) groups is 2. The van der Waals surface area contributed by atoms with E-state index in [4.69, 9.17) is 0 Å². The van der Waals surface area contributed by atoms with Crippen molar-refractivity contribution in [1.82, 2.24) is 10.2 Å². The standard InChI is InChI=1S/C26H37N3O4S/c1-8-22(25(31)27-26(4,5)6)28(17-21-14-10-9-11-15-21)24(30)18-29(34(7,32)33)23-16-12-13-19(2)20(23)3/h9-16,22H,8,17-18H2,1-7H3,(H,27,31). The van der Waals surface area contributed by atoms with Crippen LogP contribution in [-0.2, 0) is 26.2 Å². The van der Waals surface area contributed by atoms with Crippen LogP contribution in [0.15, 0.2) is 48.5 Å². The van der Waals surface area contributed by atoms with E-state index in [0.29, 0.717) is 12.1 Å². The molecule has 0 aliphatic rings. The topological polar surface area (TPSA) is 86.8 Å². The number of sulfonamides is 1. The first-order valence-electron chi connectivity index (χ1n) is 11.4. The van der Waals surface area contributed by atoms with Crippen molar-refractivity contribution in [3.8, 4) is 0 Å². The first kappa shape index (κ1) is 27.4. The van der Waals surface area contributed by atoms with Crippen molar-refractivity contribution in [1.29, 1.82) is 0 Å². The lowest BCUT2D eigenvalue weighted by Crippen LogP contribution is -2.55. The lowest BCUT2D eigenvalue weighted by atomic mass is 10.1. The van der Waals surface area contributed by atoms with Crippen molar-refractivity contribution in [3.05, 3.63) is 65.2 Å². The van der Waals surface area contributed by atoms with Crippen LogP contribution in [0.3, 0.4) is 0 Å². The number of amides is 2. The summed E-state index contributed by atoms with van der Waals surface area (Å²) in [7, 11) is -3.75. The van der Waals surface area contributed by atoms with Gasteiger partial charge in [0.2, 0.25) is 21.8 Å². The molecule has 0 heterocycles. The van der Waals surface area contributed by atoms with Gasteiger partial charge in [-0.3, -0.25) is 13.9 Å². The molecule has 0 saturated carbocycles. The Bertz CT molecular complexity index is 1110. The number of hydrogen-bond donors (Lipinski definition) is 1. The smallest absolute Gasteiger partial charge is 0.244 e. The third-order valence-corrected chi connectivity index (χ3v) is 6.73. The molecular formula is C26H37N3O4S. The van der Waals surface area contributed by atoms with E-state index in [1.54, 1.807) is 12.1 Å². The van der Waals surface area contributed by atoms with E-state index >= 15 is 0 Å². The van der Waals surface area contributed by atoms with Crippen LogP contribution in [0.4, 0.5) is 5.69 Å². The molecule has 2 amide bonds. The van der Waals surface area contributed by atoms with Gasteiger partial charge in [0.25, 0.3) is 0 Å². The highest BCUT2D eigenvalue weighted by atomic mass is 32.2. The Morgan fingerprint density at radius 3 is 2.15 bits per heavy atom. The van der Waals surface area contributed by atoms with Crippen LogP contribution < -0.4 is 9.62 Å². The fourth-order valence-electron chi connectivity index (χ4n) is 3.75. The van der Waals surface area contributed by atoms with E-state index in [1.165, 1.54) is 4.90 Å². The first-order valence-corrected chi connectivity index (χ1v) is 13.3. The summed E-state index contributed by atoms with van der Waals surface area (Å²) in [6.45, 7) is 11.0. The van der Waals surface area contributed by atoms with Gasteiger partial charge in [-0.05, 0) is 63.8 Å². The van der Waals surface area contributed by atoms with Gasteiger partial charge in [-0.15, -0.1) is 0 Å². The van der Waals surface area contributed by atoms with Crippen LogP contribution >= 0.6 is 0 Å². The highest BCUT2D eigenvalue weighted by Gasteiger charge is 2.33. The van der Waals surface area contributed by atoms with Crippen LogP contribution in [0, 0.1) is 13.8 Å². The van der Waals surface area contributed by atoms with Gasteiger partial charge in [0.15, 0.2) is 0 Å². The quantitative estimate of drug-likeness (QED) is 0.583. The molecule has 1 N–H and O–H groups in total. The molecule has 0 aliphatic carbocycles. The molecule has 186 valence electrons. The summed E-state index contributed by atoms with van der Waals surface area (Å²) < 4.78 is 26.6. The van der Waals surface area contributed by atoms with Gasteiger partial charge in [0, 0.05) is 12.1 Å². The van der Waals surface area contributed by atoms with Crippen molar-refractivity contribution in [2.24, 2.45) is 0 Å². The largest absolute Gasteiger partial charge is 0.350 e. The molecule has 7 nitrogen and oxygen atoms in total. The Morgan fingerprint density at radius 2 is 1.62 bits per heavy atom. The van der Waals surface area contributed by atoms with Gasteiger partial charge in [0.1, 0.15) is 12.6 Å². The second kappa shape index (κ2) is 11.0. The van der Waals surface area contributed by atoms with Gasteiger partial charge in [-0.1, -0.05) is 49.4 Å². The maximum absolute atomic E-state index is 13.7. The third-order valence-electron chi connectivity index (χ3n) is 5.60. The van der Waals surface area contributed by atoms with E-state index in [1.807, 2.05) is 77.9 Å². The molecule has 1 atom stereocenters. The molecule has 0 aliphatic heterocycles. The third kappa shape index (κ3) is 7.32. The molecular weight excluding hydrogens is 450 g/mol. The summed E-state index contributed by atoms with van der Waals surface area (Å²) in [4.78, 5) is 28.3. The summed E-state index contributed by atoms with van der Waals surface area (Å²) in [5, 5.41) is 2.96. The van der Waals surface area contributed by atoms with E-state index in [2.05, 4.69) is 5.32 Å². The molecule has 2 rings (SSSR count). The van der Waals surface area contributed by atoms with Crippen LogP contribution in [0.25, 0.3) is 0 Å². The maximum Gasteiger partial charge on any atom is 0.244 e. The average molecular weight is 488 g/mol. The first-order chi connectivity index (χ1) is 15.7. The Labute approximate surface area is 204 Å². The molecule has 0 spiro atoms. The number of carbonyl (C=O) groups excluding carboxylic acids is 2. The highest BCUT2D eigenvalue weighted by molar-refractivity contribution is 7.92. The number of nitrogens with one attached hydrogen (secondary N) is 1. The minimum absolute atomic E-state index is 0.195. The summed E-state index contributed by atoms with van der Waals surface area (Å²) in [5.41, 5.74) is 2.56. The summed E-state index contributed by atoms with van der Waals surface area (Å²) in [5.74, 6) is -0.706. The zero-order valence-electron chi connectivity index (χ0n) is 21.3. The zero-order valence-corrected chi connectivity index (χ0v) is 22.1. The molecule has 0 bridgehead atoms. The number of aryl methyl sites for hydroxylation is 1. The van der Waals surface area contributed by atoms with E-state index in [-0.39, 0.29) is 12.5 Å². The molecule has 34 heavy (non-hydrogen) atoms.